The summed E-state index contributed by atoms with van der Waals surface area (Å²) in [5, 5.41) is 2.80. The number of rotatable bonds is 8. The van der Waals surface area contributed by atoms with Crippen molar-refractivity contribution in [2.45, 2.75) is 22.8 Å². The van der Waals surface area contributed by atoms with Crippen LogP contribution in [0.4, 0.5) is 5.69 Å². The molecule has 3 aromatic rings. The zero-order chi connectivity index (χ0) is 20.5. The normalized spacial score (nSPS) is 11.3. The summed E-state index contributed by atoms with van der Waals surface area (Å²) < 4.78 is 10.6. The van der Waals surface area contributed by atoms with Gasteiger partial charge in [-0.1, -0.05) is 60.3 Å². The molecule has 0 aliphatic heterocycles. The number of esters is 1. The second kappa shape index (κ2) is 10.3. The third-order valence-corrected chi connectivity index (χ3v) is 4.95. The number of benzene rings is 3. The lowest BCUT2D eigenvalue weighted by Crippen LogP contribution is -2.29. The van der Waals surface area contributed by atoms with Crippen molar-refractivity contribution in [1.29, 1.82) is 0 Å². The minimum atomic E-state index is -0.814. The number of hydrogen-bond donors (Lipinski definition) is 1. The van der Waals surface area contributed by atoms with Crippen LogP contribution in [0.2, 0.25) is 0 Å². The Balaban J connectivity index is 1.52. The number of para-hydroxylation sites is 2. The summed E-state index contributed by atoms with van der Waals surface area (Å²) in [6, 6.07) is 26.3. The number of anilines is 1. The van der Waals surface area contributed by atoms with Gasteiger partial charge in [0.2, 0.25) is 0 Å². The van der Waals surface area contributed by atoms with Crippen molar-refractivity contribution in [3.05, 3.63) is 84.9 Å². The highest BCUT2D eigenvalue weighted by Crippen LogP contribution is 2.33. The lowest BCUT2D eigenvalue weighted by molar-refractivity contribution is -0.153. The van der Waals surface area contributed by atoms with Crippen LogP contribution in [0.25, 0.3) is 0 Å². The Morgan fingerprint density at radius 3 is 2.24 bits per heavy atom. The summed E-state index contributed by atoms with van der Waals surface area (Å²) in [5.74, 6) is -0.449. The molecule has 1 N–H and O–H groups in total. The molecule has 0 saturated heterocycles. The Labute approximate surface area is 174 Å². The van der Waals surface area contributed by atoms with E-state index in [2.05, 4.69) is 5.32 Å². The van der Waals surface area contributed by atoms with E-state index in [-0.39, 0.29) is 6.61 Å². The maximum absolute atomic E-state index is 12.3. The lowest BCUT2D eigenvalue weighted by Gasteiger charge is -2.14. The van der Waals surface area contributed by atoms with E-state index < -0.39 is 18.0 Å². The van der Waals surface area contributed by atoms with Crippen LogP contribution in [0.15, 0.2) is 94.7 Å². The predicted molar refractivity (Wildman–Crippen MR) is 113 cm³/mol. The van der Waals surface area contributed by atoms with Gasteiger partial charge in [-0.25, -0.2) is 4.79 Å². The van der Waals surface area contributed by atoms with Gasteiger partial charge < -0.3 is 14.8 Å². The van der Waals surface area contributed by atoms with Gasteiger partial charge in [-0.2, -0.15) is 0 Å². The Morgan fingerprint density at radius 1 is 0.897 bits per heavy atom. The summed E-state index contributed by atoms with van der Waals surface area (Å²) in [5.41, 5.74) is 0.663. The van der Waals surface area contributed by atoms with Gasteiger partial charge in [-0.15, -0.1) is 0 Å². The number of amides is 1. The molecule has 148 valence electrons. The molecule has 1 atom stereocenters. The molecule has 5 nitrogen and oxygen atoms in total. The molecule has 6 heteroatoms. The molecule has 0 unspecified atom stereocenters. The van der Waals surface area contributed by atoms with Gasteiger partial charge in [0.15, 0.2) is 12.7 Å². The van der Waals surface area contributed by atoms with E-state index in [0.29, 0.717) is 11.4 Å². The van der Waals surface area contributed by atoms with Crippen LogP contribution in [-0.2, 0) is 14.3 Å². The highest BCUT2D eigenvalue weighted by atomic mass is 32.2. The number of hydrogen-bond acceptors (Lipinski definition) is 5. The average molecular weight is 407 g/mol. The molecule has 3 aromatic carbocycles. The summed E-state index contributed by atoms with van der Waals surface area (Å²) in [7, 11) is 0. The van der Waals surface area contributed by atoms with Crippen LogP contribution in [-0.4, -0.2) is 24.6 Å². The zero-order valence-electron chi connectivity index (χ0n) is 15.9. The van der Waals surface area contributed by atoms with Crippen molar-refractivity contribution < 1.29 is 19.1 Å². The summed E-state index contributed by atoms with van der Waals surface area (Å²) in [4.78, 5) is 26.3. The molecule has 0 radical (unpaired) electrons. The van der Waals surface area contributed by atoms with Crippen molar-refractivity contribution in [1.82, 2.24) is 0 Å². The van der Waals surface area contributed by atoms with Gasteiger partial charge in [-0.05, 0) is 43.3 Å². The number of carbonyl (C=O) groups excluding carboxylic acids is 2. The first-order chi connectivity index (χ1) is 14.1. The molecule has 0 aliphatic carbocycles. The Bertz CT molecular complexity index is 947. The van der Waals surface area contributed by atoms with E-state index in [0.717, 1.165) is 9.79 Å². The summed E-state index contributed by atoms with van der Waals surface area (Å²) in [6.45, 7) is 1.20. The topological polar surface area (TPSA) is 64.6 Å². The first-order valence-electron chi connectivity index (χ1n) is 9.12. The second-order valence-corrected chi connectivity index (χ2v) is 7.26. The van der Waals surface area contributed by atoms with Crippen LogP contribution in [0.1, 0.15) is 6.92 Å². The van der Waals surface area contributed by atoms with Gasteiger partial charge in [0.1, 0.15) is 5.75 Å². The molecular weight excluding hydrogens is 386 g/mol. The molecule has 0 saturated carbocycles. The number of ether oxygens (including phenoxy) is 2. The quantitative estimate of drug-likeness (QED) is 0.544. The van der Waals surface area contributed by atoms with Gasteiger partial charge in [-0.3, -0.25) is 4.79 Å². The Hall–Kier alpha value is -3.25. The van der Waals surface area contributed by atoms with Gasteiger partial charge in [0.25, 0.3) is 5.91 Å². The zero-order valence-corrected chi connectivity index (χ0v) is 16.7. The fourth-order valence-corrected chi connectivity index (χ4v) is 3.39. The average Bonchev–Trinajstić information content (AvgIpc) is 2.75. The molecule has 0 spiro atoms. The van der Waals surface area contributed by atoms with Crippen LogP contribution < -0.4 is 10.1 Å². The lowest BCUT2D eigenvalue weighted by atomic mass is 10.3. The van der Waals surface area contributed by atoms with Crippen LogP contribution in [0.3, 0.4) is 0 Å². The van der Waals surface area contributed by atoms with Crippen LogP contribution >= 0.6 is 11.8 Å². The van der Waals surface area contributed by atoms with Crippen molar-refractivity contribution >= 4 is 29.3 Å². The van der Waals surface area contributed by atoms with E-state index in [1.807, 2.05) is 72.8 Å². The first kappa shape index (κ1) is 20.5. The maximum atomic E-state index is 12.3. The van der Waals surface area contributed by atoms with Gasteiger partial charge in [0, 0.05) is 9.79 Å². The van der Waals surface area contributed by atoms with E-state index in [4.69, 9.17) is 9.47 Å². The molecule has 0 heterocycles. The molecule has 0 fully saturated rings. The maximum Gasteiger partial charge on any atom is 0.347 e. The van der Waals surface area contributed by atoms with Crippen LogP contribution in [0, 0.1) is 0 Å². The van der Waals surface area contributed by atoms with Crippen molar-refractivity contribution in [3.63, 3.8) is 0 Å². The third-order valence-electron chi connectivity index (χ3n) is 3.87. The standard InChI is InChI=1S/C23H21NO4S/c1-17(28-18-10-4-2-5-11-18)23(26)27-16-22(25)24-20-14-8-9-15-21(20)29-19-12-6-3-7-13-19/h2-15,17H,16H2,1H3,(H,24,25)/t17-/m0/s1. The third kappa shape index (κ3) is 6.40. The van der Waals surface area contributed by atoms with E-state index in [1.165, 1.54) is 0 Å². The monoisotopic (exact) mass is 407 g/mol. The first-order valence-corrected chi connectivity index (χ1v) is 9.93. The molecule has 0 aromatic heterocycles. The molecular formula is C23H21NO4S. The van der Waals surface area contributed by atoms with E-state index >= 15 is 0 Å². The van der Waals surface area contributed by atoms with E-state index in [1.54, 1.807) is 30.8 Å². The Morgan fingerprint density at radius 2 is 1.52 bits per heavy atom. The minimum absolute atomic E-state index is 0.383. The fourth-order valence-electron chi connectivity index (χ4n) is 2.47. The minimum Gasteiger partial charge on any atom is -0.479 e. The van der Waals surface area contributed by atoms with Crippen molar-refractivity contribution in [2.75, 3.05) is 11.9 Å². The molecule has 0 aliphatic rings. The molecule has 29 heavy (non-hydrogen) atoms. The van der Waals surface area contributed by atoms with Gasteiger partial charge >= 0.3 is 5.97 Å². The highest BCUT2D eigenvalue weighted by molar-refractivity contribution is 7.99. The largest absolute Gasteiger partial charge is 0.479 e. The van der Waals surface area contributed by atoms with Crippen LogP contribution in [0.5, 0.6) is 5.75 Å². The predicted octanol–water partition coefficient (Wildman–Crippen LogP) is 4.79. The number of nitrogens with one attached hydrogen (secondary N) is 1. The molecule has 3 rings (SSSR count). The molecule has 1 amide bonds. The molecule has 0 bridgehead atoms. The fraction of sp³-hybridized carbons (Fsp3) is 0.130. The van der Waals surface area contributed by atoms with Crippen molar-refractivity contribution in [2.24, 2.45) is 0 Å². The SMILES string of the molecule is C[C@H](Oc1ccccc1)C(=O)OCC(=O)Nc1ccccc1Sc1ccccc1. The second-order valence-electron chi connectivity index (χ2n) is 6.14. The summed E-state index contributed by atoms with van der Waals surface area (Å²) >= 11 is 1.54. The van der Waals surface area contributed by atoms with Crippen molar-refractivity contribution in [3.8, 4) is 5.75 Å². The Kier molecular flexibility index (Phi) is 7.30. The summed E-state index contributed by atoms with van der Waals surface area (Å²) in [6.07, 6.45) is -0.814. The van der Waals surface area contributed by atoms with Gasteiger partial charge in [0.05, 0.1) is 5.69 Å². The highest BCUT2D eigenvalue weighted by Gasteiger charge is 2.18. The number of carbonyl (C=O) groups is 2. The van der Waals surface area contributed by atoms with E-state index in [9.17, 15) is 9.59 Å². The smallest absolute Gasteiger partial charge is 0.347 e.